The third-order valence-corrected chi connectivity index (χ3v) is 9.72. The van der Waals surface area contributed by atoms with Crippen molar-refractivity contribution in [3.63, 3.8) is 0 Å². The predicted molar refractivity (Wildman–Crippen MR) is 195 cm³/mol. The van der Waals surface area contributed by atoms with Crippen LogP contribution in [0.4, 0.5) is 0 Å². The molecule has 0 bridgehead atoms. The average Bonchev–Trinajstić information content (AvgIpc) is 3.35. The van der Waals surface area contributed by atoms with Gasteiger partial charge in [-0.25, -0.2) is 8.42 Å². The summed E-state index contributed by atoms with van der Waals surface area (Å²) in [5.74, 6) is 0.332. The SMILES string of the molecule is CC.CC.CC.CC(COc1ccccc1)CC(C)(C)C(C)ON1C(=O)c2ccccc2C1=O.COS(=O)(=O)c1ccccc1S(=O)(=O)Cl. The van der Waals surface area contributed by atoms with E-state index in [4.69, 9.17) is 20.3 Å². The van der Waals surface area contributed by atoms with Gasteiger partial charge in [-0.1, -0.05) is 105 Å². The number of rotatable bonds is 11. The van der Waals surface area contributed by atoms with E-state index in [0.29, 0.717) is 17.7 Å². The van der Waals surface area contributed by atoms with Crippen molar-refractivity contribution in [3.8, 4) is 5.75 Å². The first-order valence-corrected chi connectivity index (χ1v) is 20.0. The standard InChI is InChI=1S/C23H27NO4.C7H7ClO5S2.3C2H6/c1-16(15-27-18-10-6-5-7-11-18)14-23(3,4)17(2)28-24-21(25)19-12-8-9-13-20(19)22(24)26;1-13-15(11,12)7-5-3-2-4-6(7)14(8,9)10;3*1-2/h5-13,16-17H,14-15H2,1-4H3;2-5H,1H3;3*1-2H3. The minimum absolute atomic E-state index is 0.255. The summed E-state index contributed by atoms with van der Waals surface area (Å²) in [4.78, 5) is 29.9. The number of hydrogen-bond donors (Lipinski definition) is 0. The average molecular weight is 742 g/mol. The Labute approximate surface area is 298 Å². The number of nitrogens with zero attached hydrogens (tertiary/aromatic N) is 1. The number of carbonyl (C=O) groups excluding carboxylic acids is 2. The number of benzene rings is 3. The lowest BCUT2D eigenvalue weighted by atomic mass is 9.79. The lowest BCUT2D eigenvalue weighted by Crippen LogP contribution is -2.40. The van der Waals surface area contributed by atoms with Crippen LogP contribution in [0.25, 0.3) is 0 Å². The molecule has 1 heterocycles. The Morgan fingerprint density at radius 2 is 1.14 bits per heavy atom. The van der Waals surface area contributed by atoms with E-state index in [0.717, 1.165) is 36.5 Å². The van der Waals surface area contributed by atoms with E-state index in [1.165, 1.54) is 12.1 Å². The molecule has 2 amide bonds. The first-order valence-electron chi connectivity index (χ1n) is 16.2. The van der Waals surface area contributed by atoms with Crippen molar-refractivity contribution in [2.24, 2.45) is 11.3 Å². The summed E-state index contributed by atoms with van der Waals surface area (Å²) in [7, 11) is -2.17. The Bertz CT molecular complexity index is 1630. The van der Waals surface area contributed by atoms with Gasteiger partial charge < -0.3 is 4.74 Å². The molecule has 0 saturated carbocycles. The topological polar surface area (TPSA) is 133 Å². The highest BCUT2D eigenvalue weighted by Gasteiger charge is 2.40. The van der Waals surface area contributed by atoms with Crippen LogP contribution in [0, 0.1) is 11.3 Å². The van der Waals surface area contributed by atoms with E-state index in [1.807, 2.05) is 78.8 Å². The molecule has 0 radical (unpaired) electrons. The van der Waals surface area contributed by atoms with Crippen LogP contribution in [0.15, 0.2) is 88.7 Å². The van der Waals surface area contributed by atoms with E-state index >= 15 is 0 Å². The Kier molecular flexibility index (Phi) is 20.3. The van der Waals surface area contributed by atoms with Crippen LogP contribution >= 0.6 is 10.7 Å². The summed E-state index contributed by atoms with van der Waals surface area (Å²) in [5.41, 5.74) is 0.527. The van der Waals surface area contributed by atoms with Crippen LogP contribution in [0.3, 0.4) is 0 Å². The number of halogens is 1. The van der Waals surface area contributed by atoms with Crippen molar-refractivity contribution in [1.29, 1.82) is 0 Å². The van der Waals surface area contributed by atoms with Crippen LogP contribution in [0.2, 0.25) is 0 Å². The summed E-state index contributed by atoms with van der Waals surface area (Å²) >= 11 is 0. The van der Waals surface area contributed by atoms with Crippen molar-refractivity contribution in [2.75, 3.05) is 13.7 Å². The minimum Gasteiger partial charge on any atom is -0.493 e. The van der Waals surface area contributed by atoms with E-state index in [1.54, 1.807) is 24.3 Å². The smallest absolute Gasteiger partial charge is 0.298 e. The number of fused-ring (bicyclic) bond motifs is 1. The zero-order valence-corrected chi connectivity index (χ0v) is 32.8. The van der Waals surface area contributed by atoms with Crippen LogP contribution < -0.4 is 4.74 Å². The van der Waals surface area contributed by atoms with Crippen molar-refractivity contribution < 1.29 is 40.2 Å². The fourth-order valence-corrected chi connectivity index (χ4v) is 6.85. The molecule has 0 saturated heterocycles. The van der Waals surface area contributed by atoms with Gasteiger partial charge in [0.15, 0.2) is 0 Å². The van der Waals surface area contributed by atoms with Gasteiger partial charge in [0, 0.05) is 10.7 Å². The fraction of sp³-hybridized carbons (Fsp3) is 0.444. The normalized spacial score (nSPS) is 13.4. The third kappa shape index (κ3) is 13.5. The van der Waals surface area contributed by atoms with Crippen molar-refractivity contribution in [1.82, 2.24) is 5.06 Å². The molecule has 49 heavy (non-hydrogen) atoms. The van der Waals surface area contributed by atoms with E-state index in [-0.39, 0.29) is 17.4 Å². The van der Waals surface area contributed by atoms with Crippen molar-refractivity contribution in [3.05, 3.63) is 90.0 Å². The summed E-state index contributed by atoms with van der Waals surface area (Å²) in [6.07, 6.45) is 0.498. The van der Waals surface area contributed by atoms with Gasteiger partial charge in [0.2, 0.25) is 0 Å². The van der Waals surface area contributed by atoms with Crippen LogP contribution in [-0.2, 0) is 28.2 Å². The minimum atomic E-state index is -4.11. The second kappa shape index (κ2) is 21.7. The highest BCUT2D eigenvalue weighted by Crippen LogP contribution is 2.34. The van der Waals surface area contributed by atoms with Gasteiger partial charge in [0.1, 0.15) is 15.5 Å². The lowest BCUT2D eigenvalue weighted by Gasteiger charge is -2.35. The van der Waals surface area contributed by atoms with E-state index < -0.39 is 40.8 Å². The maximum atomic E-state index is 12.5. The molecule has 2 atom stereocenters. The molecule has 3 aromatic rings. The first kappa shape index (κ1) is 45.7. The van der Waals surface area contributed by atoms with Gasteiger partial charge in [-0.15, -0.1) is 5.06 Å². The van der Waals surface area contributed by atoms with Gasteiger partial charge in [0.05, 0.1) is 30.9 Å². The summed E-state index contributed by atoms with van der Waals surface area (Å²) < 4.78 is 54.8. The zero-order valence-electron chi connectivity index (χ0n) is 30.4. The largest absolute Gasteiger partial charge is 0.493 e. The Hall–Kier alpha value is -3.29. The molecule has 0 aromatic heterocycles. The monoisotopic (exact) mass is 741 g/mol. The quantitative estimate of drug-likeness (QED) is 0.107. The molecule has 2 unspecified atom stereocenters. The first-order chi connectivity index (χ1) is 23.1. The van der Waals surface area contributed by atoms with E-state index in [9.17, 15) is 26.4 Å². The number of amides is 2. The van der Waals surface area contributed by atoms with Crippen LogP contribution in [-0.4, -0.2) is 53.5 Å². The summed E-state index contributed by atoms with van der Waals surface area (Å²) in [6.45, 7) is 20.8. The molecule has 0 aliphatic carbocycles. The number of ether oxygens (including phenoxy) is 1. The van der Waals surface area contributed by atoms with Gasteiger partial charge in [-0.3, -0.25) is 18.6 Å². The number of carbonyl (C=O) groups is 2. The molecular formula is C36H52ClNO9S2. The van der Waals surface area contributed by atoms with E-state index in [2.05, 4.69) is 25.0 Å². The molecule has 274 valence electrons. The van der Waals surface area contributed by atoms with Gasteiger partial charge >= 0.3 is 0 Å². The number of hydrogen-bond acceptors (Lipinski definition) is 9. The molecule has 0 fully saturated rings. The molecule has 1 aliphatic rings. The molecule has 0 N–H and O–H groups in total. The van der Waals surface area contributed by atoms with Gasteiger partial charge in [0.25, 0.3) is 31.0 Å². The molecule has 4 rings (SSSR count). The second-order valence-corrected chi connectivity index (χ2v) is 14.8. The highest BCUT2D eigenvalue weighted by atomic mass is 35.7. The number of imide groups is 1. The number of hydroxylamine groups is 2. The maximum Gasteiger partial charge on any atom is 0.298 e. The van der Waals surface area contributed by atoms with Crippen LogP contribution in [0.5, 0.6) is 5.75 Å². The third-order valence-electron chi connectivity index (χ3n) is 6.87. The second-order valence-electron chi connectivity index (χ2n) is 10.6. The van der Waals surface area contributed by atoms with Gasteiger partial charge in [-0.2, -0.15) is 8.42 Å². The zero-order chi connectivity index (χ0) is 38.0. The summed E-state index contributed by atoms with van der Waals surface area (Å²) in [6, 6.07) is 21.4. The Morgan fingerprint density at radius 1 is 0.714 bits per heavy atom. The van der Waals surface area contributed by atoms with Crippen LogP contribution in [0.1, 0.15) is 96.4 Å². The molecule has 3 aromatic carbocycles. The van der Waals surface area contributed by atoms with Gasteiger partial charge in [-0.05, 0) is 61.1 Å². The maximum absolute atomic E-state index is 12.5. The molecule has 1 aliphatic heterocycles. The molecule has 13 heteroatoms. The lowest BCUT2D eigenvalue weighted by molar-refractivity contribution is -0.162. The fourth-order valence-electron chi connectivity index (χ4n) is 4.39. The summed E-state index contributed by atoms with van der Waals surface area (Å²) in [5, 5.41) is 0.905. The molecular weight excluding hydrogens is 690 g/mol. The van der Waals surface area contributed by atoms with Crippen molar-refractivity contribution in [2.45, 2.75) is 91.6 Å². The highest BCUT2D eigenvalue weighted by molar-refractivity contribution is 8.14. The predicted octanol–water partition coefficient (Wildman–Crippen LogP) is 8.76. The number of para-hydroxylation sites is 1. The Balaban J connectivity index is 0.000000928. The molecule has 10 nitrogen and oxygen atoms in total. The molecule has 0 spiro atoms. The Morgan fingerprint density at radius 3 is 1.59 bits per heavy atom. The van der Waals surface area contributed by atoms with Crippen molar-refractivity contribution >= 4 is 41.7 Å².